The molecule has 1 atom stereocenters. The van der Waals surface area contributed by atoms with Crippen LogP contribution < -0.4 is 0 Å². The summed E-state index contributed by atoms with van der Waals surface area (Å²) in [4.78, 5) is 17.7. The van der Waals surface area contributed by atoms with E-state index in [1.807, 2.05) is 11.8 Å². The SMILES string of the molecule is CCN(C(=O)Cc1ccc(S(C)(=O)=O)cc1)C1CCN(CC[C@H](c2ccc(S(C)(=O)=O)cc2)c2cccc(C(F)(F)F)c2)CC1. The van der Waals surface area contributed by atoms with Crippen molar-refractivity contribution in [3.8, 4) is 0 Å². The number of likely N-dealkylation sites (tertiary alicyclic amines) is 1. The molecule has 1 aliphatic heterocycles. The number of rotatable bonds is 11. The van der Waals surface area contributed by atoms with Gasteiger partial charge in [0, 0.05) is 44.1 Å². The van der Waals surface area contributed by atoms with Gasteiger partial charge in [-0.2, -0.15) is 13.2 Å². The van der Waals surface area contributed by atoms with Gasteiger partial charge in [-0.1, -0.05) is 42.5 Å². The summed E-state index contributed by atoms with van der Waals surface area (Å²) < 4.78 is 88.0. The molecule has 0 saturated carbocycles. The Bertz CT molecular complexity index is 1680. The molecule has 3 aromatic carbocycles. The van der Waals surface area contributed by atoms with Crippen LogP contribution in [0.2, 0.25) is 0 Å². The second-order valence-electron chi connectivity index (χ2n) is 11.7. The minimum Gasteiger partial charge on any atom is -0.340 e. The van der Waals surface area contributed by atoms with Gasteiger partial charge in [0.1, 0.15) is 0 Å². The summed E-state index contributed by atoms with van der Waals surface area (Å²) in [6, 6.07) is 18.0. The summed E-state index contributed by atoms with van der Waals surface area (Å²) >= 11 is 0. The lowest BCUT2D eigenvalue weighted by molar-refractivity contribution is -0.137. The smallest absolute Gasteiger partial charge is 0.340 e. The van der Waals surface area contributed by atoms with E-state index in [4.69, 9.17) is 0 Å². The summed E-state index contributed by atoms with van der Waals surface area (Å²) in [5.74, 6) is -0.397. The molecule has 45 heavy (non-hydrogen) atoms. The van der Waals surface area contributed by atoms with E-state index in [1.54, 1.807) is 30.3 Å². The van der Waals surface area contributed by atoms with Gasteiger partial charge < -0.3 is 9.80 Å². The number of benzene rings is 3. The fraction of sp³-hybridized carbons (Fsp3) is 0.424. The van der Waals surface area contributed by atoms with Crippen molar-refractivity contribution in [3.05, 3.63) is 95.1 Å². The normalized spacial score (nSPS) is 16.0. The van der Waals surface area contributed by atoms with Crippen molar-refractivity contribution in [2.75, 3.05) is 38.7 Å². The largest absolute Gasteiger partial charge is 0.416 e. The highest BCUT2D eigenvalue weighted by atomic mass is 32.2. The zero-order valence-corrected chi connectivity index (χ0v) is 27.3. The average Bonchev–Trinajstić information content (AvgIpc) is 2.98. The average molecular weight is 665 g/mol. The standard InChI is InChI=1S/C33H39F3N2O5S2/c1-4-38(32(39)22-24-8-12-29(13-9-24)44(2,40)41)28-16-19-37(20-17-28)21-18-31(25-10-14-30(15-11-25)45(3,42)43)26-6-5-7-27(23-26)33(34,35)36/h5-15,23,28,31H,4,16-22H2,1-3H3/t31-/m1/s1. The zero-order valence-electron chi connectivity index (χ0n) is 25.6. The lowest BCUT2D eigenvalue weighted by Gasteiger charge is -2.38. The number of hydrogen-bond acceptors (Lipinski definition) is 6. The van der Waals surface area contributed by atoms with Crippen LogP contribution in [-0.4, -0.2) is 77.3 Å². The third-order valence-electron chi connectivity index (χ3n) is 8.43. The third-order valence-corrected chi connectivity index (χ3v) is 10.7. The maximum Gasteiger partial charge on any atom is 0.416 e. The summed E-state index contributed by atoms with van der Waals surface area (Å²) in [6.07, 6.45) is -0.0131. The Balaban J connectivity index is 1.42. The molecule has 0 N–H and O–H groups in total. The number of hydrogen-bond donors (Lipinski definition) is 0. The first-order chi connectivity index (χ1) is 21.1. The van der Waals surface area contributed by atoms with Crippen LogP contribution in [0.25, 0.3) is 0 Å². The number of nitrogens with zero attached hydrogens (tertiary/aromatic N) is 2. The van der Waals surface area contributed by atoms with E-state index in [-0.39, 0.29) is 34.1 Å². The van der Waals surface area contributed by atoms with Crippen LogP contribution in [0.5, 0.6) is 0 Å². The van der Waals surface area contributed by atoms with Crippen LogP contribution in [0.3, 0.4) is 0 Å². The topological polar surface area (TPSA) is 91.8 Å². The van der Waals surface area contributed by atoms with Crippen molar-refractivity contribution in [1.82, 2.24) is 9.80 Å². The van der Waals surface area contributed by atoms with Gasteiger partial charge in [-0.15, -0.1) is 0 Å². The van der Waals surface area contributed by atoms with Crippen LogP contribution >= 0.6 is 0 Å². The van der Waals surface area contributed by atoms with Crippen LogP contribution in [0.15, 0.2) is 82.6 Å². The molecule has 1 fully saturated rings. The third kappa shape index (κ3) is 9.17. The summed E-state index contributed by atoms with van der Waals surface area (Å²) in [7, 11) is -6.73. The molecule has 0 spiro atoms. The van der Waals surface area contributed by atoms with E-state index in [0.717, 1.165) is 55.6 Å². The molecule has 0 aliphatic carbocycles. The van der Waals surface area contributed by atoms with Gasteiger partial charge in [-0.3, -0.25) is 4.79 Å². The van der Waals surface area contributed by atoms with Crippen molar-refractivity contribution < 1.29 is 34.8 Å². The quantitative estimate of drug-likeness (QED) is 0.266. The van der Waals surface area contributed by atoms with Gasteiger partial charge in [0.25, 0.3) is 0 Å². The van der Waals surface area contributed by atoms with Crippen LogP contribution in [-0.2, 0) is 37.1 Å². The molecule has 12 heteroatoms. The van der Waals surface area contributed by atoms with Crippen molar-refractivity contribution in [1.29, 1.82) is 0 Å². The highest BCUT2D eigenvalue weighted by Crippen LogP contribution is 2.35. The summed E-state index contributed by atoms with van der Waals surface area (Å²) in [5.41, 5.74) is 1.27. The molecule has 1 aliphatic rings. The lowest BCUT2D eigenvalue weighted by atomic mass is 9.87. The molecule has 0 radical (unpaired) electrons. The minimum absolute atomic E-state index is 0.0230. The molecule has 244 valence electrons. The predicted molar refractivity (Wildman–Crippen MR) is 168 cm³/mol. The monoisotopic (exact) mass is 664 g/mol. The molecular formula is C33H39F3N2O5S2. The number of likely N-dealkylation sites (N-methyl/N-ethyl adjacent to an activating group) is 1. The number of amides is 1. The Morgan fingerprint density at radius 1 is 0.867 bits per heavy atom. The Labute approximate surface area is 263 Å². The van der Waals surface area contributed by atoms with E-state index in [9.17, 15) is 34.8 Å². The maximum absolute atomic E-state index is 13.5. The first-order valence-electron chi connectivity index (χ1n) is 14.8. The highest BCUT2D eigenvalue weighted by molar-refractivity contribution is 7.91. The van der Waals surface area contributed by atoms with Crippen molar-refractivity contribution in [2.45, 2.75) is 60.5 Å². The molecule has 1 saturated heterocycles. The van der Waals surface area contributed by atoms with Crippen molar-refractivity contribution in [3.63, 3.8) is 0 Å². The number of carbonyl (C=O) groups is 1. The van der Waals surface area contributed by atoms with Crippen molar-refractivity contribution in [2.24, 2.45) is 0 Å². The first-order valence-corrected chi connectivity index (χ1v) is 18.6. The van der Waals surface area contributed by atoms with E-state index >= 15 is 0 Å². The molecule has 1 amide bonds. The second kappa shape index (κ2) is 14.0. The molecule has 0 aromatic heterocycles. The van der Waals surface area contributed by atoms with Crippen molar-refractivity contribution >= 4 is 25.6 Å². The fourth-order valence-electron chi connectivity index (χ4n) is 5.94. The zero-order chi connectivity index (χ0) is 33.0. The molecular weight excluding hydrogens is 626 g/mol. The molecule has 7 nitrogen and oxygen atoms in total. The molecule has 4 rings (SSSR count). The molecule has 0 unspecified atom stereocenters. The van der Waals surface area contributed by atoms with Gasteiger partial charge in [0.15, 0.2) is 19.7 Å². The van der Waals surface area contributed by atoms with Gasteiger partial charge in [-0.05, 0) is 79.8 Å². The Morgan fingerprint density at radius 2 is 1.42 bits per heavy atom. The molecule has 0 bridgehead atoms. The highest BCUT2D eigenvalue weighted by Gasteiger charge is 2.32. The number of alkyl halides is 3. The molecule has 1 heterocycles. The predicted octanol–water partition coefficient (Wildman–Crippen LogP) is 5.59. The number of sulfone groups is 2. The summed E-state index contributed by atoms with van der Waals surface area (Å²) in [6.45, 7) is 4.55. The van der Waals surface area contributed by atoms with Gasteiger partial charge >= 0.3 is 6.18 Å². The fourth-order valence-corrected chi connectivity index (χ4v) is 7.20. The van der Waals surface area contributed by atoms with Gasteiger partial charge in [0.2, 0.25) is 5.91 Å². The summed E-state index contributed by atoms with van der Waals surface area (Å²) in [5, 5.41) is 0. The van der Waals surface area contributed by atoms with E-state index in [2.05, 4.69) is 4.90 Å². The first kappa shape index (κ1) is 34.6. The number of piperidine rings is 1. The Hall–Kier alpha value is -3.22. The Morgan fingerprint density at radius 3 is 1.93 bits per heavy atom. The van der Waals surface area contributed by atoms with Crippen LogP contribution in [0, 0.1) is 0 Å². The van der Waals surface area contributed by atoms with Gasteiger partial charge in [0.05, 0.1) is 21.8 Å². The van der Waals surface area contributed by atoms with Crippen LogP contribution in [0.4, 0.5) is 13.2 Å². The minimum atomic E-state index is -4.48. The van der Waals surface area contributed by atoms with E-state index in [1.165, 1.54) is 36.4 Å². The van der Waals surface area contributed by atoms with Gasteiger partial charge in [-0.25, -0.2) is 16.8 Å². The lowest BCUT2D eigenvalue weighted by Crippen LogP contribution is -2.48. The number of carbonyl (C=O) groups excluding carboxylic acids is 1. The second-order valence-corrected chi connectivity index (χ2v) is 15.7. The maximum atomic E-state index is 13.5. The number of halogens is 3. The molecule has 3 aromatic rings. The van der Waals surface area contributed by atoms with E-state index in [0.29, 0.717) is 25.1 Å². The van der Waals surface area contributed by atoms with Crippen LogP contribution in [0.1, 0.15) is 54.4 Å². The van der Waals surface area contributed by atoms with E-state index < -0.39 is 31.4 Å². The Kier molecular flexibility index (Phi) is 10.8.